The van der Waals surface area contributed by atoms with Crippen molar-refractivity contribution >= 4 is 11.7 Å². The number of phenolic OH excluding ortho intramolecular Hbond substituents is 1. The van der Waals surface area contributed by atoms with Crippen LogP contribution in [-0.2, 0) is 13.1 Å². The second-order valence-corrected chi connectivity index (χ2v) is 8.34. The Morgan fingerprint density at radius 3 is 2.06 bits per heavy atom. The minimum Gasteiger partial charge on any atom is -0.508 e. The van der Waals surface area contributed by atoms with E-state index in [0.717, 1.165) is 22.3 Å². The highest BCUT2D eigenvalue weighted by atomic mass is 16.3. The van der Waals surface area contributed by atoms with E-state index in [-0.39, 0.29) is 17.4 Å². The van der Waals surface area contributed by atoms with E-state index in [9.17, 15) is 14.7 Å². The molecule has 3 aromatic carbocycles. The molecule has 164 valence electrons. The first kappa shape index (κ1) is 20.8. The number of carbonyl (C=O) groups is 2. The summed E-state index contributed by atoms with van der Waals surface area (Å²) in [4.78, 5) is 28.0. The van der Waals surface area contributed by atoms with Gasteiger partial charge in [-0.3, -0.25) is 9.59 Å². The van der Waals surface area contributed by atoms with E-state index in [4.69, 9.17) is 0 Å². The number of aromatic nitrogens is 1. The zero-order valence-corrected chi connectivity index (χ0v) is 18.1. The number of Topliss-reactive ketones (excluding diaryl/α,β-unsaturated/α-hetero) is 1. The van der Waals surface area contributed by atoms with Gasteiger partial charge in [-0.15, -0.1) is 0 Å². The highest BCUT2D eigenvalue weighted by Gasteiger charge is 2.30. The van der Waals surface area contributed by atoms with E-state index in [1.807, 2.05) is 77.5 Å². The van der Waals surface area contributed by atoms with Gasteiger partial charge in [0.05, 0.1) is 0 Å². The molecule has 33 heavy (non-hydrogen) atoms. The fraction of sp³-hybridized carbons (Fsp3) is 0.143. The molecule has 0 aliphatic carbocycles. The summed E-state index contributed by atoms with van der Waals surface area (Å²) in [6.45, 7) is 1.41. The van der Waals surface area contributed by atoms with Crippen LogP contribution in [0, 0.1) is 0 Å². The van der Waals surface area contributed by atoms with Crippen molar-refractivity contribution in [2.75, 3.05) is 6.54 Å². The Morgan fingerprint density at radius 2 is 1.36 bits per heavy atom. The summed E-state index contributed by atoms with van der Waals surface area (Å²) in [5, 5.41) is 9.49. The maximum absolute atomic E-state index is 13.5. The molecule has 0 fully saturated rings. The summed E-state index contributed by atoms with van der Waals surface area (Å²) in [5.41, 5.74) is 5.13. The number of aromatic hydroxyl groups is 1. The van der Waals surface area contributed by atoms with Crippen LogP contribution < -0.4 is 0 Å². The normalized spacial score (nSPS) is 13.6. The summed E-state index contributed by atoms with van der Waals surface area (Å²) in [5.74, 6) is 0.143. The number of ketones is 1. The summed E-state index contributed by atoms with van der Waals surface area (Å²) < 4.78 is 1.88. The van der Waals surface area contributed by atoms with Crippen molar-refractivity contribution in [2.24, 2.45) is 0 Å². The first-order valence-electron chi connectivity index (χ1n) is 11.0. The van der Waals surface area contributed by atoms with Crippen molar-refractivity contribution in [3.8, 4) is 16.9 Å². The molecule has 1 aromatic heterocycles. The number of carbonyl (C=O) groups excluding carboxylic acids is 2. The number of rotatable bonds is 5. The standard InChI is InChI=1S/C28H24N2O3/c31-24-12-10-23(11-13-24)22-8-6-21(7-9-22)18-29-16-14-25-26(32)15-17-30(28(33)27(25)29)19-20-4-2-1-3-5-20/h1-14,16,31H,15,17-19H2. The van der Waals surface area contributed by atoms with Gasteiger partial charge in [0.15, 0.2) is 5.78 Å². The maximum atomic E-state index is 13.5. The summed E-state index contributed by atoms with van der Waals surface area (Å²) in [6, 6.07) is 26.8. The quantitative estimate of drug-likeness (QED) is 0.471. The minimum atomic E-state index is -0.106. The molecule has 0 spiro atoms. The second kappa shape index (κ2) is 8.79. The van der Waals surface area contributed by atoms with Gasteiger partial charge in [-0.25, -0.2) is 0 Å². The molecule has 5 rings (SSSR count). The molecule has 5 heteroatoms. The summed E-state index contributed by atoms with van der Waals surface area (Å²) in [7, 11) is 0. The molecule has 4 aromatic rings. The van der Waals surface area contributed by atoms with Crippen LogP contribution in [0.4, 0.5) is 0 Å². The van der Waals surface area contributed by atoms with Crippen LogP contribution in [-0.4, -0.2) is 32.8 Å². The molecule has 1 aliphatic rings. The van der Waals surface area contributed by atoms with Crippen molar-refractivity contribution in [1.29, 1.82) is 0 Å². The lowest BCUT2D eigenvalue weighted by molar-refractivity contribution is 0.0736. The molecule has 1 amide bonds. The Balaban J connectivity index is 1.40. The molecule has 2 heterocycles. The molecular formula is C28H24N2O3. The Morgan fingerprint density at radius 1 is 0.727 bits per heavy atom. The molecule has 0 saturated carbocycles. The molecule has 0 radical (unpaired) electrons. The number of amides is 1. The fourth-order valence-corrected chi connectivity index (χ4v) is 4.30. The highest BCUT2D eigenvalue weighted by Crippen LogP contribution is 2.25. The van der Waals surface area contributed by atoms with Gasteiger partial charge >= 0.3 is 0 Å². The largest absolute Gasteiger partial charge is 0.508 e. The van der Waals surface area contributed by atoms with E-state index in [1.54, 1.807) is 23.1 Å². The van der Waals surface area contributed by atoms with Crippen molar-refractivity contribution < 1.29 is 14.7 Å². The van der Waals surface area contributed by atoms with Crippen LogP contribution in [0.25, 0.3) is 11.1 Å². The van der Waals surface area contributed by atoms with Crippen molar-refractivity contribution in [1.82, 2.24) is 9.47 Å². The van der Waals surface area contributed by atoms with Crippen LogP contribution in [0.15, 0.2) is 91.1 Å². The van der Waals surface area contributed by atoms with Gasteiger partial charge in [0, 0.05) is 37.8 Å². The van der Waals surface area contributed by atoms with E-state index in [0.29, 0.717) is 37.3 Å². The lowest BCUT2D eigenvalue weighted by Crippen LogP contribution is -2.32. The lowest BCUT2D eigenvalue weighted by atomic mass is 10.0. The van der Waals surface area contributed by atoms with Gasteiger partial charge in [-0.2, -0.15) is 0 Å². The van der Waals surface area contributed by atoms with E-state index in [2.05, 4.69) is 0 Å². The number of fused-ring (bicyclic) bond motifs is 1. The first-order valence-corrected chi connectivity index (χ1v) is 11.0. The predicted molar refractivity (Wildman–Crippen MR) is 127 cm³/mol. The van der Waals surface area contributed by atoms with Gasteiger partial charge in [0.25, 0.3) is 5.91 Å². The number of hydrogen-bond donors (Lipinski definition) is 1. The third kappa shape index (κ3) is 4.30. The number of hydrogen-bond acceptors (Lipinski definition) is 3. The van der Waals surface area contributed by atoms with E-state index in [1.165, 1.54) is 0 Å². The van der Waals surface area contributed by atoms with Crippen LogP contribution in [0.2, 0.25) is 0 Å². The second-order valence-electron chi connectivity index (χ2n) is 8.34. The van der Waals surface area contributed by atoms with Crippen LogP contribution in [0.3, 0.4) is 0 Å². The Bertz CT molecular complexity index is 1290. The van der Waals surface area contributed by atoms with Gasteiger partial charge in [-0.05, 0) is 40.5 Å². The molecule has 1 N–H and O–H groups in total. The van der Waals surface area contributed by atoms with Crippen molar-refractivity contribution in [3.63, 3.8) is 0 Å². The molecule has 1 aliphatic heterocycles. The van der Waals surface area contributed by atoms with Gasteiger partial charge in [0.2, 0.25) is 0 Å². The van der Waals surface area contributed by atoms with E-state index < -0.39 is 0 Å². The average molecular weight is 437 g/mol. The van der Waals surface area contributed by atoms with Crippen LogP contribution >= 0.6 is 0 Å². The third-order valence-corrected chi connectivity index (χ3v) is 6.09. The minimum absolute atomic E-state index is 0.00957. The van der Waals surface area contributed by atoms with Gasteiger partial charge in [-0.1, -0.05) is 66.7 Å². The summed E-state index contributed by atoms with van der Waals surface area (Å²) >= 11 is 0. The number of phenols is 1. The van der Waals surface area contributed by atoms with Gasteiger partial charge in [0.1, 0.15) is 11.4 Å². The molecule has 0 atom stereocenters. The molecule has 5 nitrogen and oxygen atoms in total. The maximum Gasteiger partial charge on any atom is 0.271 e. The summed E-state index contributed by atoms with van der Waals surface area (Å²) in [6.07, 6.45) is 2.16. The Kier molecular flexibility index (Phi) is 5.53. The smallest absolute Gasteiger partial charge is 0.271 e. The highest BCUT2D eigenvalue weighted by molar-refractivity contribution is 6.09. The molecule has 0 saturated heterocycles. The number of nitrogens with zero attached hydrogens (tertiary/aromatic N) is 2. The van der Waals surface area contributed by atoms with Crippen molar-refractivity contribution in [2.45, 2.75) is 19.5 Å². The molecule has 0 unspecified atom stereocenters. The predicted octanol–water partition coefficient (Wildman–Crippen LogP) is 5.14. The Hall–Kier alpha value is -4.12. The SMILES string of the molecule is O=C1CCN(Cc2ccccc2)C(=O)c2c1ccn2Cc1ccc(-c2ccc(O)cc2)cc1. The fourth-order valence-electron chi connectivity index (χ4n) is 4.30. The zero-order valence-electron chi connectivity index (χ0n) is 18.1. The van der Waals surface area contributed by atoms with Crippen molar-refractivity contribution in [3.05, 3.63) is 114 Å². The van der Waals surface area contributed by atoms with Crippen LogP contribution in [0.5, 0.6) is 5.75 Å². The van der Waals surface area contributed by atoms with Gasteiger partial charge < -0.3 is 14.6 Å². The average Bonchev–Trinajstić information content (AvgIpc) is 3.21. The topological polar surface area (TPSA) is 62.5 Å². The third-order valence-electron chi connectivity index (χ3n) is 6.09. The Labute approximate surface area is 192 Å². The zero-order chi connectivity index (χ0) is 22.8. The van der Waals surface area contributed by atoms with E-state index >= 15 is 0 Å². The monoisotopic (exact) mass is 436 g/mol. The first-order chi connectivity index (χ1) is 16.1. The van der Waals surface area contributed by atoms with Crippen LogP contribution in [0.1, 0.15) is 38.4 Å². The number of benzene rings is 3. The molecule has 0 bridgehead atoms. The molecular weight excluding hydrogens is 412 g/mol. The lowest BCUT2D eigenvalue weighted by Gasteiger charge is -2.21.